The van der Waals surface area contributed by atoms with Crippen molar-refractivity contribution in [1.29, 1.82) is 0 Å². The number of hydrogen-bond acceptors (Lipinski definition) is 3. The highest BCUT2D eigenvalue weighted by Crippen LogP contribution is 2.28. The fraction of sp³-hybridized carbons (Fsp3) is 0.333. The zero-order chi connectivity index (χ0) is 19.4. The number of methoxy groups -OCH3 is 1. The van der Waals surface area contributed by atoms with E-state index >= 15 is 4.39 Å². The molecule has 27 heavy (non-hydrogen) atoms. The molecule has 1 N–H and O–H groups in total. The van der Waals surface area contributed by atoms with Gasteiger partial charge in [-0.3, -0.25) is 9.59 Å². The van der Waals surface area contributed by atoms with Gasteiger partial charge in [-0.05, 0) is 36.2 Å². The lowest BCUT2D eigenvalue weighted by Gasteiger charge is -2.21. The van der Waals surface area contributed by atoms with E-state index in [4.69, 9.17) is 4.74 Å². The van der Waals surface area contributed by atoms with E-state index < -0.39 is 11.6 Å². The third kappa shape index (κ3) is 4.10. The molecular weight excluding hydrogens is 347 g/mol. The molecule has 1 fully saturated rings. The summed E-state index contributed by atoms with van der Waals surface area (Å²) in [5, 5.41) is 2.64. The minimum atomic E-state index is -2.06. The number of alkyl halides is 1. The number of likely N-dealkylation sites (tertiary alicyclic amines) is 1. The number of nitrogens with one attached hydrogen (secondary N) is 1. The van der Waals surface area contributed by atoms with E-state index in [1.807, 2.05) is 30.3 Å². The van der Waals surface area contributed by atoms with Crippen molar-refractivity contribution in [1.82, 2.24) is 10.2 Å². The molecule has 1 heterocycles. The molecule has 0 spiro atoms. The van der Waals surface area contributed by atoms with Crippen molar-refractivity contribution in [3.63, 3.8) is 0 Å². The van der Waals surface area contributed by atoms with E-state index in [2.05, 4.69) is 5.32 Å². The van der Waals surface area contributed by atoms with Crippen LogP contribution in [-0.4, -0.2) is 42.6 Å². The van der Waals surface area contributed by atoms with Crippen LogP contribution in [0.2, 0.25) is 0 Å². The molecule has 0 bridgehead atoms. The molecule has 0 unspecified atom stereocenters. The highest BCUT2D eigenvalue weighted by molar-refractivity contribution is 5.97. The summed E-state index contributed by atoms with van der Waals surface area (Å²) in [5.41, 5.74) is 0.0772. The van der Waals surface area contributed by atoms with Gasteiger partial charge in [0.05, 0.1) is 13.7 Å². The predicted molar refractivity (Wildman–Crippen MR) is 100 cm³/mol. The van der Waals surface area contributed by atoms with E-state index in [1.54, 1.807) is 32.2 Å². The largest absolute Gasteiger partial charge is 0.497 e. The second-order valence-corrected chi connectivity index (χ2v) is 6.79. The normalized spacial score (nSPS) is 19.0. The Hall–Kier alpha value is -2.89. The lowest BCUT2D eigenvalue weighted by molar-refractivity contribution is -0.132. The summed E-state index contributed by atoms with van der Waals surface area (Å²) in [5.74, 6) is -0.288. The number of hydrogen-bond donors (Lipinski definition) is 1. The van der Waals surface area contributed by atoms with Crippen molar-refractivity contribution in [3.05, 3.63) is 65.2 Å². The fourth-order valence-electron chi connectivity index (χ4n) is 3.24. The minimum absolute atomic E-state index is 0.00539. The number of aryl methyl sites for hydroxylation is 1. The number of halogens is 1. The molecule has 142 valence electrons. The average Bonchev–Trinajstić information content (AvgIpc) is 3.10. The van der Waals surface area contributed by atoms with Gasteiger partial charge in [0, 0.05) is 25.1 Å². The maximum atomic E-state index is 15.1. The zero-order valence-corrected chi connectivity index (χ0v) is 15.5. The van der Waals surface area contributed by atoms with Gasteiger partial charge in [-0.1, -0.05) is 30.3 Å². The number of ether oxygens (including phenoxy) is 1. The van der Waals surface area contributed by atoms with E-state index in [9.17, 15) is 9.59 Å². The summed E-state index contributed by atoms with van der Waals surface area (Å²) in [6, 6.07) is 14.5. The molecule has 1 aliphatic rings. The quantitative estimate of drug-likeness (QED) is 0.881. The first kappa shape index (κ1) is 18.9. The predicted octanol–water partition coefficient (Wildman–Crippen LogP) is 2.87. The first-order chi connectivity index (χ1) is 12.9. The van der Waals surface area contributed by atoms with Crippen molar-refractivity contribution in [2.45, 2.75) is 25.6 Å². The molecule has 0 aliphatic carbocycles. The molecule has 0 aromatic heterocycles. The molecule has 1 aliphatic heterocycles. The van der Waals surface area contributed by atoms with E-state index in [-0.39, 0.29) is 32.0 Å². The third-order valence-corrected chi connectivity index (χ3v) is 4.87. The van der Waals surface area contributed by atoms with Crippen LogP contribution in [0.25, 0.3) is 0 Å². The molecule has 0 radical (unpaired) electrons. The lowest BCUT2D eigenvalue weighted by Crippen LogP contribution is -2.45. The topological polar surface area (TPSA) is 58.6 Å². The van der Waals surface area contributed by atoms with E-state index in [1.165, 1.54) is 4.90 Å². The molecule has 1 saturated heterocycles. The first-order valence-electron chi connectivity index (χ1n) is 8.88. The van der Waals surface area contributed by atoms with Gasteiger partial charge in [0.1, 0.15) is 5.75 Å². The van der Waals surface area contributed by atoms with Crippen LogP contribution in [0.4, 0.5) is 4.39 Å². The van der Waals surface area contributed by atoms with Crippen LogP contribution >= 0.6 is 0 Å². The van der Waals surface area contributed by atoms with E-state index in [0.717, 1.165) is 11.1 Å². The van der Waals surface area contributed by atoms with Crippen molar-refractivity contribution in [2.24, 2.45) is 0 Å². The van der Waals surface area contributed by atoms with Crippen LogP contribution < -0.4 is 10.1 Å². The Bertz CT molecular complexity index is 841. The van der Waals surface area contributed by atoms with Crippen molar-refractivity contribution >= 4 is 11.8 Å². The Balaban J connectivity index is 1.64. The van der Waals surface area contributed by atoms with Gasteiger partial charge in [0.25, 0.3) is 11.8 Å². The number of benzene rings is 2. The van der Waals surface area contributed by atoms with Crippen LogP contribution in [0.5, 0.6) is 5.75 Å². The molecule has 2 aromatic rings. The summed E-state index contributed by atoms with van der Waals surface area (Å²) < 4.78 is 20.3. The number of amides is 2. The van der Waals surface area contributed by atoms with Gasteiger partial charge in [-0.15, -0.1) is 0 Å². The molecule has 1 atom stereocenters. The molecule has 3 rings (SSSR count). The summed E-state index contributed by atoms with van der Waals surface area (Å²) >= 11 is 0. The van der Waals surface area contributed by atoms with Gasteiger partial charge >= 0.3 is 0 Å². The second kappa shape index (κ2) is 7.78. The number of carbonyl (C=O) groups is 2. The summed E-state index contributed by atoms with van der Waals surface area (Å²) in [6.07, 6.45) is -0.00539. The van der Waals surface area contributed by atoms with Gasteiger partial charge in [-0.2, -0.15) is 0 Å². The lowest BCUT2D eigenvalue weighted by atomic mass is 10.0. The SMILES string of the molecule is COc1ccc(C(=O)N2CC[C@@](F)(C(=O)NCc3ccccc3)C2)c(C)c1. The Morgan fingerprint density at radius 1 is 1.22 bits per heavy atom. The second-order valence-electron chi connectivity index (χ2n) is 6.79. The van der Waals surface area contributed by atoms with Crippen molar-refractivity contribution in [3.8, 4) is 5.75 Å². The van der Waals surface area contributed by atoms with E-state index in [0.29, 0.717) is 11.3 Å². The maximum Gasteiger partial charge on any atom is 0.259 e. The molecule has 2 aromatic carbocycles. The standard InChI is InChI=1S/C21H23FN2O3/c1-15-12-17(27-2)8-9-18(15)19(25)24-11-10-21(22,14-24)20(26)23-13-16-6-4-3-5-7-16/h3-9,12H,10-11,13-14H2,1-2H3,(H,23,26)/t21-/m0/s1. The van der Waals surface area contributed by atoms with Crippen LogP contribution in [0.15, 0.2) is 48.5 Å². The van der Waals surface area contributed by atoms with Crippen LogP contribution in [-0.2, 0) is 11.3 Å². The van der Waals surface area contributed by atoms with Crippen molar-refractivity contribution < 1.29 is 18.7 Å². The zero-order valence-electron chi connectivity index (χ0n) is 15.5. The molecule has 0 saturated carbocycles. The van der Waals surface area contributed by atoms with Crippen LogP contribution in [0.3, 0.4) is 0 Å². The Morgan fingerprint density at radius 2 is 1.96 bits per heavy atom. The number of carbonyl (C=O) groups excluding carboxylic acids is 2. The fourth-order valence-corrected chi connectivity index (χ4v) is 3.24. The number of nitrogens with zero attached hydrogens (tertiary/aromatic N) is 1. The third-order valence-electron chi connectivity index (χ3n) is 4.87. The number of rotatable bonds is 5. The maximum absolute atomic E-state index is 15.1. The smallest absolute Gasteiger partial charge is 0.259 e. The van der Waals surface area contributed by atoms with Gasteiger partial charge in [0.15, 0.2) is 0 Å². The van der Waals surface area contributed by atoms with Crippen LogP contribution in [0.1, 0.15) is 27.9 Å². The van der Waals surface area contributed by atoms with Gasteiger partial charge in [-0.25, -0.2) is 4.39 Å². The summed E-state index contributed by atoms with van der Waals surface area (Å²) in [6.45, 7) is 2.04. The summed E-state index contributed by atoms with van der Waals surface area (Å²) in [7, 11) is 1.56. The summed E-state index contributed by atoms with van der Waals surface area (Å²) in [4.78, 5) is 26.5. The molecule has 2 amide bonds. The monoisotopic (exact) mass is 370 g/mol. The van der Waals surface area contributed by atoms with Gasteiger partial charge in [0.2, 0.25) is 5.67 Å². The van der Waals surface area contributed by atoms with Crippen LogP contribution in [0, 0.1) is 6.92 Å². The Labute approximate surface area is 158 Å². The Morgan fingerprint density at radius 3 is 2.63 bits per heavy atom. The average molecular weight is 370 g/mol. The highest BCUT2D eigenvalue weighted by atomic mass is 19.1. The minimum Gasteiger partial charge on any atom is -0.497 e. The Kier molecular flexibility index (Phi) is 5.44. The molecule has 5 nitrogen and oxygen atoms in total. The van der Waals surface area contributed by atoms with Gasteiger partial charge < -0.3 is 15.0 Å². The highest BCUT2D eigenvalue weighted by Gasteiger charge is 2.46. The van der Waals surface area contributed by atoms with Crippen molar-refractivity contribution in [2.75, 3.05) is 20.2 Å². The first-order valence-corrected chi connectivity index (χ1v) is 8.88. The molecular formula is C21H23FN2O3. The molecule has 6 heteroatoms.